The van der Waals surface area contributed by atoms with Crippen molar-refractivity contribution >= 4 is 52.4 Å². The molecule has 5 aromatic carbocycles. The normalized spacial score (nSPS) is 11.5. The minimum atomic E-state index is -0.372. The number of hydrogen-bond acceptors (Lipinski definition) is 2. The third kappa shape index (κ3) is 3.72. The van der Waals surface area contributed by atoms with Gasteiger partial charge in [-0.3, -0.25) is 0 Å². The van der Waals surface area contributed by atoms with E-state index in [-0.39, 0.29) is 8.80 Å². The van der Waals surface area contributed by atoms with Crippen LogP contribution in [0, 0.1) is 22.7 Å². The number of fused-ring (bicyclic) bond motifs is 6. The molecule has 5 heteroatoms. The van der Waals surface area contributed by atoms with Gasteiger partial charge in [0, 0.05) is 41.7 Å². The molecule has 0 N–H and O–H groups in total. The van der Waals surface area contributed by atoms with Crippen molar-refractivity contribution in [2.24, 2.45) is 0 Å². The van der Waals surface area contributed by atoms with Gasteiger partial charge >= 0.3 is 0 Å². The Morgan fingerprint density at radius 2 is 1.07 bits per heavy atom. The topological polar surface area (TPSA) is 57.4 Å². The van der Waals surface area contributed by atoms with Crippen LogP contribution in [0.2, 0.25) is 13.1 Å². The van der Waals surface area contributed by atoms with E-state index in [0.29, 0.717) is 11.1 Å². The van der Waals surface area contributed by atoms with E-state index in [9.17, 15) is 10.5 Å². The van der Waals surface area contributed by atoms with Gasteiger partial charge in [0.05, 0.1) is 45.3 Å². The zero-order chi connectivity index (χ0) is 27.4. The first kappa shape index (κ1) is 24.0. The minimum Gasteiger partial charge on any atom is -0.309 e. The molecule has 0 atom stereocenters. The molecular weight excluding hydrogens is 504 g/mol. The highest BCUT2D eigenvalue weighted by Gasteiger charge is 2.17. The van der Waals surface area contributed by atoms with E-state index in [4.69, 9.17) is 0 Å². The fourth-order valence-electron chi connectivity index (χ4n) is 6.03. The summed E-state index contributed by atoms with van der Waals surface area (Å²) in [6.45, 7) is 4.72. The van der Waals surface area contributed by atoms with Crippen molar-refractivity contribution in [3.63, 3.8) is 0 Å². The van der Waals surface area contributed by atoms with Gasteiger partial charge in [-0.25, -0.2) is 0 Å². The quantitative estimate of drug-likeness (QED) is 0.215. The van der Waals surface area contributed by atoms with Gasteiger partial charge in [0.15, 0.2) is 0 Å². The van der Waals surface area contributed by atoms with Gasteiger partial charge in [-0.1, -0.05) is 49.0 Å². The Labute approximate surface area is 234 Å². The van der Waals surface area contributed by atoms with Gasteiger partial charge < -0.3 is 9.13 Å². The van der Waals surface area contributed by atoms with Crippen LogP contribution in [0.4, 0.5) is 0 Å². The lowest BCUT2D eigenvalue weighted by molar-refractivity contribution is 1.13. The Kier molecular flexibility index (Phi) is 5.56. The molecule has 0 fully saturated rings. The zero-order valence-corrected chi connectivity index (χ0v) is 23.3. The van der Waals surface area contributed by atoms with Crippen LogP contribution in [-0.4, -0.2) is 17.9 Å². The highest BCUT2D eigenvalue weighted by Crippen LogP contribution is 2.36. The lowest BCUT2D eigenvalue weighted by atomic mass is 10.1. The van der Waals surface area contributed by atoms with Gasteiger partial charge in [-0.15, -0.1) is 0 Å². The van der Waals surface area contributed by atoms with Crippen LogP contribution in [0.3, 0.4) is 0 Å². The molecule has 4 nitrogen and oxygen atoms in total. The standard InChI is InChI=1S/C35H25N4Si/c1-40(2)22-25-12-15-33-29(18-25)28-8-3-4-9-32(28)38(33)26-6-5-7-27(19-26)39-34-13-10-23(20-36)16-30(34)31-17-24(21-37)11-14-35(31)39/h3-19H,22H2,1-2H3. The maximum absolute atomic E-state index is 9.56. The molecule has 2 aromatic heterocycles. The molecule has 0 amide bonds. The van der Waals surface area contributed by atoms with Crippen LogP contribution in [0.15, 0.2) is 103 Å². The molecule has 40 heavy (non-hydrogen) atoms. The van der Waals surface area contributed by atoms with Gasteiger partial charge in [0.2, 0.25) is 0 Å². The maximum Gasteiger partial charge on any atom is 0.0991 e. The predicted molar refractivity (Wildman–Crippen MR) is 166 cm³/mol. The molecule has 1 radical (unpaired) electrons. The highest BCUT2D eigenvalue weighted by atomic mass is 28.3. The van der Waals surface area contributed by atoms with E-state index in [0.717, 1.165) is 39.2 Å². The van der Waals surface area contributed by atoms with Crippen molar-refractivity contribution in [2.75, 3.05) is 0 Å². The van der Waals surface area contributed by atoms with Crippen molar-refractivity contribution in [1.29, 1.82) is 10.5 Å². The lowest BCUT2D eigenvalue weighted by Crippen LogP contribution is -2.05. The smallest absolute Gasteiger partial charge is 0.0991 e. The largest absolute Gasteiger partial charge is 0.309 e. The Morgan fingerprint density at radius 1 is 0.550 bits per heavy atom. The van der Waals surface area contributed by atoms with Gasteiger partial charge in [0.25, 0.3) is 0 Å². The summed E-state index contributed by atoms with van der Waals surface area (Å²) in [4.78, 5) is 0. The van der Waals surface area contributed by atoms with E-state index < -0.39 is 0 Å². The summed E-state index contributed by atoms with van der Waals surface area (Å²) in [6, 6.07) is 41.4. The summed E-state index contributed by atoms with van der Waals surface area (Å²) in [6.07, 6.45) is 0. The Balaban J connectivity index is 1.49. The number of rotatable bonds is 4. The number of nitriles is 2. The summed E-state index contributed by atoms with van der Waals surface area (Å²) in [5.41, 5.74) is 9.12. The first-order valence-electron chi connectivity index (χ1n) is 13.4. The van der Waals surface area contributed by atoms with Crippen LogP contribution in [-0.2, 0) is 6.04 Å². The molecule has 0 aliphatic carbocycles. The van der Waals surface area contributed by atoms with Crippen molar-refractivity contribution in [3.8, 4) is 23.5 Å². The SMILES string of the molecule is C[Si](C)Cc1ccc2c(c1)c1ccccc1n2-c1cccc(-n2c3ccc(C#N)cc3c3cc(C#N)ccc32)c1. The first-order chi connectivity index (χ1) is 19.6. The van der Waals surface area contributed by atoms with E-state index in [2.05, 4.69) is 101 Å². The van der Waals surface area contributed by atoms with E-state index in [1.165, 1.54) is 27.4 Å². The van der Waals surface area contributed by atoms with Crippen molar-refractivity contribution in [3.05, 3.63) is 120 Å². The summed E-state index contributed by atoms with van der Waals surface area (Å²) < 4.78 is 4.59. The van der Waals surface area contributed by atoms with Gasteiger partial charge in [-0.2, -0.15) is 10.5 Å². The third-order valence-corrected chi connectivity index (χ3v) is 8.78. The molecule has 0 saturated carbocycles. The molecular formula is C35H25N4Si. The van der Waals surface area contributed by atoms with E-state index in [1.807, 2.05) is 36.4 Å². The average molecular weight is 530 g/mol. The highest BCUT2D eigenvalue weighted by molar-refractivity contribution is 6.55. The Hall–Kier alpha value is -5.10. The second kappa shape index (κ2) is 9.27. The van der Waals surface area contributed by atoms with Gasteiger partial charge in [-0.05, 0) is 78.8 Å². The molecule has 0 spiro atoms. The summed E-state index contributed by atoms with van der Waals surface area (Å²) >= 11 is 0. The molecule has 2 heterocycles. The lowest BCUT2D eigenvalue weighted by Gasteiger charge is -2.13. The van der Waals surface area contributed by atoms with Crippen molar-refractivity contribution in [2.45, 2.75) is 19.1 Å². The fourth-order valence-corrected chi connectivity index (χ4v) is 7.06. The summed E-state index contributed by atoms with van der Waals surface area (Å²) in [7, 11) is -0.372. The second-order valence-electron chi connectivity index (χ2n) is 10.6. The monoisotopic (exact) mass is 529 g/mol. The summed E-state index contributed by atoms with van der Waals surface area (Å²) in [5, 5.41) is 23.6. The molecule has 0 bridgehead atoms. The predicted octanol–water partition coefficient (Wildman–Crippen LogP) is 8.46. The minimum absolute atomic E-state index is 0.372. The molecule has 0 unspecified atom stereocenters. The number of benzene rings is 5. The average Bonchev–Trinajstić information content (AvgIpc) is 3.48. The van der Waals surface area contributed by atoms with E-state index >= 15 is 0 Å². The zero-order valence-electron chi connectivity index (χ0n) is 22.3. The Morgan fingerprint density at radius 3 is 1.65 bits per heavy atom. The summed E-state index contributed by atoms with van der Waals surface area (Å²) in [5.74, 6) is 0. The van der Waals surface area contributed by atoms with Crippen molar-refractivity contribution in [1.82, 2.24) is 9.13 Å². The first-order valence-corrected chi connectivity index (χ1v) is 16.1. The van der Waals surface area contributed by atoms with Gasteiger partial charge in [0.1, 0.15) is 0 Å². The number of hydrogen-bond donors (Lipinski definition) is 0. The number of aromatic nitrogens is 2. The van der Waals surface area contributed by atoms with Crippen molar-refractivity contribution < 1.29 is 0 Å². The van der Waals surface area contributed by atoms with Crippen LogP contribution in [0.1, 0.15) is 16.7 Å². The molecule has 0 saturated heterocycles. The van der Waals surface area contributed by atoms with Crippen LogP contribution >= 0.6 is 0 Å². The number of nitrogens with zero attached hydrogens (tertiary/aromatic N) is 4. The second-order valence-corrected chi connectivity index (χ2v) is 13.4. The number of para-hydroxylation sites is 1. The Bertz CT molecular complexity index is 2130. The maximum atomic E-state index is 9.56. The third-order valence-electron chi connectivity index (χ3n) is 7.66. The molecule has 0 aliphatic rings. The fraction of sp³-hybridized carbons (Fsp3) is 0.0857. The van der Waals surface area contributed by atoms with E-state index in [1.54, 1.807) is 0 Å². The molecule has 7 aromatic rings. The van der Waals surface area contributed by atoms with Crippen LogP contribution in [0.25, 0.3) is 55.0 Å². The molecule has 7 rings (SSSR count). The molecule has 189 valence electrons. The molecule has 0 aliphatic heterocycles. The van der Waals surface area contributed by atoms with Crippen LogP contribution in [0.5, 0.6) is 0 Å². The van der Waals surface area contributed by atoms with Crippen LogP contribution < -0.4 is 0 Å².